The van der Waals surface area contributed by atoms with Gasteiger partial charge in [-0.25, -0.2) is 17.7 Å². The number of piperidine rings is 1. The lowest BCUT2D eigenvalue weighted by molar-refractivity contribution is 0.0688. The van der Waals surface area contributed by atoms with Gasteiger partial charge in [0.05, 0.1) is 22.9 Å². The molecule has 4 rings (SSSR count). The van der Waals surface area contributed by atoms with E-state index in [0.29, 0.717) is 37.4 Å². The minimum Gasteiger partial charge on any atom is -0.339 e. The lowest BCUT2D eigenvalue weighted by Crippen LogP contribution is -2.47. The molecule has 3 heterocycles. The van der Waals surface area contributed by atoms with Crippen LogP contribution in [0.2, 0.25) is 0 Å². The summed E-state index contributed by atoms with van der Waals surface area (Å²) in [7, 11) is 0.255. The van der Waals surface area contributed by atoms with Crippen LogP contribution in [-0.2, 0) is 17.1 Å². The monoisotopic (exact) mass is 405 g/mol. The predicted octanol–water partition coefficient (Wildman–Crippen LogP) is 1.65. The maximum Gasteiger partial charge on any atom is 0.254 e. The zero-order valence-electron chi connectivity index (χ0n) is 16.8. The summed E-state index contributed by atoms with van der Waals surface area (Å²) < 4.78 is 26.8. The zero-order valence-corrected chi connectivity index (χ0v) is 17.7. The molecule has 0 N–H and O–H groups in total. The van der Waals surface area contributed by atoms with Crippen molar-refractivity contribution >= 4 is 27.0 Å². The molecule has 28 heavy (non-hydrogen) atoms. The van der Waals surface area contributed by atoms with Crippen LogP contribution in [-0.4, -0.2) is 70.7 Å². The SMILES string of the molecule is Cc1nn(C)c2nc(C3CC3)cc(C(=O)N3CCC(N(C)S(C)(=O)=O)CC3)c12. The standard InChI is InChI=1S/C19H27N5O3S/c1-12-17-15(11-16(13-5-6-13)20-18(17)22(2)21-12)19(25)24-9-7-14(8-10-24)23(3)28(4,26)27/h11,13-14H,5-10H2,1-4H3. The number of sulfonamides is 1. The van der Waals surface area contributed by atoms with Gasteiger partial charge in [0.25, 0.3) is 5.91 Å². The summed E-state index contributed by atoms with van der Waals surface area (Å²) in [6.45, 7) is 3.00. The number of pyridine rings is 1. The number of hydrogen-bond acceptors (Lipinski definition) is 5. The Morgan fingerprint density at radius 2 is 1.86 bits per heavy atom. The van der Waals surface area contributed by atoms with Crippen LogP contribution in [0.5, 0.6) is 0 Å². The van der Waals surface area contributed by atoms with E-state index in [1.54, 1.807) is 11.7 Å². The molecule has 1 aliphatic carbocycles. The lowest BCUT2D eigenvalue weighted by atomic mass is 10.0. The Morgan fingerprint density at radius 3 is 2.43 bits per heavy atom. The molecule has 0 atom stereocenters. The van der Waals surface area contributed by atoms with E-state index in [-0.39, 0.29) is 11.9 Å². The molecule has 2 fully saturated rings. The molecule has 0 aromatic carbocycles. The Bertz CT molecular complexity index is 1030. The van der Waals surface area contributed by atoms with Gasteiger partial charge < -0.3 is 4.90 Å². The van der Waals surface area contributed by atoms with Crippen molar-refractivity contribution in [2.45, 2.75) is 44.6 Å². The molecule has 8 nitrogen and oxygen atoms in total. The Labute approximate surface area is 165 Å². The summed E-state index contributed by atoms with van der Waals surface area (Å²) in [6, 6.07) is 1.89. The summed E-state index contributed by atoms with van der Waals surface area (Å²) in [5.41, 5.74) is 3.22. The number of amides is 1. The Morgan fingerprint density at radius 1 is 1.21 bits per heavy atom. The minimum absolute atomic E-state index is 0.00846. The number of likely N-dealkylation sites (tertiary alicyclic amines) is 1. The molecule has 1 saturated carbocycles. The number of nitrogens with zero attached hydrogens (tertiary/aromatic N) is 5. The summed E-state index contributed by atoms with van der Waals surface area (Å²) in [4.78, 5) is 20.0. The van der Waals surface area contributed by atoms with Crippen LogP contribution >= 0.6 is 0 Å². The van der Waals surface area contributed by atoms with Gasteiger partial charge in [0.2, 0.25) is 10.0 Å². The summed E-state index contributed by atoms with van der Waals surface area (Å²) in [5.74, 6) is 0.436. The minimum atomic E-state index is -3.22. The molecule has 2 aromatic heterocycles. The molecule has 2 aromatic rings. The van der Waals surface area contributed by atoms with E-state index in [0.717, 1.165) is 35.3 Å². The van der Waals surface area contributed by atoms with Gasteiger partial charge in [0.15, 0.2) is 5.65 Å². The van der Waals surface area contributed by atoms with Gasteiger partial charge in [-0.15, -0.1) is 0 Å². The maximum absolute atomic E-state index is 13.4. The first-order valence-electron chi connectivity index (χ1n) is 9.73. The van der Waals surface area contributed by atoms with Gasteiger partial charge in [-0.1, -0.05) is 0 Å². The van der Waals surface area contributed by atoms with Crippen LogP contribution < -0.4 is 0 Å². The molecule has 0 radical (unpaired) electrons. The van der Waals surface area contributed by atoms with E-state index in [9.17, 15) is 13.2 Å². The first-order valence-corrected chi connectivity index (χ1v) is 11.6. The number of aryl methyl sites for hydroxylation is 2. The third-order valence-electron chi connectivity index (χ3n) is 6.00. The highest BCUT2D eigenvalue weighted by molar-refractivity contribution is 7.88. The van der Waals surface area contributed by atoms with Gasteiger partial charge in [-0.3, -0.25) is 9.48 Å². The van der Waals surface area contributed by atoms with Gasteiger partial charge >= 0.3 is 0 Å². The second kappa shape index (κ2) is 6.81. The molecule has 152 valence electrons. The fraction of sp³-hybridized carbons (Fsp3) is 0.632. The fourth-order valence-corrected chi connectivity index (χ4v) is 4.85. The van der Waals surface area contributed by atoms with E-state index in [4.69, 9.17) is 4.98 Å². The molecule has 9 heteroatoms. The highest BCUT2D eigenvalue weighted by atomic mass is 32.2. The average molecular weight is 406 g/mol. The van der Waals surface area contributed by atoms with Gasteiger partial charge in [-0.05, 0) is 38.7 Å². The number of aromatic nitrogens is 3. The van der Waals surface area contributed by atoms with Crippen LogP contribution in [0, 0.1) is 6.92 Å². The fourth-order valence-electron chi connectivity index (χ4n) is 4.09. The molecular formula is C19H27N5O3S. The second-order valence-corrected chi connectivity index (χ2v) is 10.1. The third-order valence-corrected chi connectivity index (χ3v) is 7.35. The highest BCUT2D eigenvalue weighted by Gasteiger charge is 2.32. The molecule has 2 aliphatic rings. The van der Waals surface area contributed by atoms with Crippen LogP contribution in [0.1, 0.15) is 53.3 Å². The van der Waals surface area contributed by atoms with Crippen molar-refractivity contribution in [2.75, 3.05) is 26.4 Å². The topological polar surface area (TPSA) is 88.4 Å². The van der Waals surface area contributed by atoms with Crippen molar-refractivity contribution in [1.82, 2.24) is 24.0 Å². The van der Waals surface area contributed by atoms with Crippen LogP contribution in [0.15, 0.2) is 6.07 Å². The molecule has 0 bridgehead atoms. The van der Waals surface area contributed by atoms with Gasteiger partial charge in [0, 0.05) is 44.8 Å². The Kier molecular flexibility index (Phi) is 4.70. The van der Waals surface area contributed by atoms with E-state index in [2.05, 4.69) is 5.10 Å². The highest BCUT2D eigenvalue weighted by Crippen LogP contribution is 2.40. The van der Waals surface area contributed by atoms with Crippen molar-refractivity contribution in [3.8, 4) is 0 Å². The van der Waals surface area contributed by atoms with Crippen LogP contribution in [0.4, 0.5) is 0 Å². The van der Waals surface area contributed by atoms with Gasteiger partial charge in [0.1, 0.15) is 0 Å². The average Bonchev–Trinajstić information content (AvgIpc) is 3.46. The Balaban J connectivity index is 1.61. The van der Waals surface area contributed by atoms with Crippen molar-refractivity contribution in [3.63, 3.8) is 0 Å². The van der Waals surface area contributed by atoms with E-state index < -0.39 is 10.0 Å². The first-order chi connectivity index (χ1) is 13.2. The van der Waals surface area contributed by atoms with E-state index in [1.165, 1.54) is 10.6 Å². The van der Waals surface area contributed by atoms with Crippen molar-refractivity contribution < 1.29 is 13.2 Å². The second-order valence-electron chi connectivity index (χ2n) is 8.08. The quantitative estimate of drug-likeness (QED) is 0.772. The van der Waals surface area contributed by atoms with E-state index >= 15 is 0 Å². The lowest BCUT2D eigenvalue weighted by Gasteiger charge is -2.35. The maximum atomic E-state index is 13.4. The molecular weight excluding hydrogens is 378 g/mol. The number of hydrogen-bond donors (Lipinski definition) is 0. The molecule has 0 unspecified atom stereocenters. The predicted molar refractivity (Wildman–Crippen MR) is 107 cm³/mol. The number of carbonyl (C=O) groups is 1. The summed E-state index contributed by atoms with van der Waals surface area (Å²) in [6.07, 6.45) is 4.75. The number of rotatable bonds is 4. The normalized spacial score (nSPS) is 19.0. The van der Waals surface area contributed by atoms with Crippen molar-refractivity contribution in [2.24, 2.45) is 7.05 Å². The van der Waals surface area contributed by atoms with Crippen LogP contribution in [0.25, 0.3) is 11.0 Å². The smallest absolute Gasteiger partial charge is 0.254 e. The van der Waals surface area contributed by atoms with Crippen molar-refractivity contribution in [3.05, 3.63) is 23.0 Å². The number of carbonyl (C=O) groups excluding carboxylic acids is 1. The molecule has 0 spiro atoms. The summed E-state index contributed by atoms with van der Waals surface area (Å²) >= 11 is 0. The number of fused-ring (bicyclic) bond motifs is 1. The van der Waals surface area contributed by atoms with Crippen LogP contribution in [0.3, 0.4) is 0 Å². The van der Waals surface area contributed by atoms with E-state index in [1.807, 2.05) is 24.9 Å². The third kappa shape index (κ3) is 3.41. The zero-order chi connectivity index (χ0) is 20.2. The largest absolute Gasteiger partial charge is 0.339 e. The summed E-state index contributed by atoms with van der Waals surface area (Å²) in [5, 5.41) is 5.30. The Hall–Kier alpha value is -2.00. The molecule has 1 aliphatic heterocycles. The van der Waals surface area contributed by atoms with Crippen molar-refractivity contribution in [1.29, 1.82) is 0 Å². The molecule has 1 saturated heterocycles. The first kappa shape index (κ1) is 19.3. The molecule has 1 amide bonds. The van der Waals surface area contributed by atoms with Gasteiger partial charge in [-0.2, -0.15) is 5.10 Å².